The molecule has 0 bridgehead atoms. The molecule has 0 fully saturated rings. The van der Waals surface area contributed by atoms with Crippen LogP contribution in [0.25, 0.3) is 11.3 Å². The summed E-state index contributed by atoms with van der Waals surface area (Å²) < 4.78 is 8.17. The molecule has 1 aromatic heterocycles. The lowest BCUT2D eigenvalue weighted by atomic mass is 10.1. The molecular formula is C19H16BrNO2. The van der Waals surface area contributed by atoms with Gasteiger partial charge in [-0.3, -0.25) is 4.57 Å². The lowest BCUT2D eigenvalue weighted by Gasteiger charge is -2.07. The van der Waals surface area contributed by atoms with Gasteiger partial charge in [0.2, 0.25) is 0 Å². The minimum absolute atomic E-state index is 0.347. The minimum atomic E-state index is -0.347. The zero-order chi connectivity index (χ0) is 16.2. The molecule has 23 heavy (non-hydrogen) atoms. The first-order chi connectivity index (χ1) is 11.2. The third-order valence-corrected chi connectivity index (χ3v) is 4.10. The summed E-state index contributed by atoms with van der Waals surface area (Å²) in [4.78, 5) is 12.3. The Hall–Kier alpha value is -2.33. The fourth-order valence-electron chi connectivity index (χ4n) is 2.55. The SMILES string of the molecule is C=CCc1c(-c2cccc(Br)c2)oc(=O)n1Cc1ccccc1. The molecular weight excluding hydrogens is 354 g/mol. The summed E-state index contributed by atoms with van der Waals surface area (Å²) in [6.07, 6.45) is 2.35. The quantitative estimate of drug-likeness (QED) is 0.613. The summed E-state index contributed by atoms with van der Waals surface area (Å²) in [5.41, 5.74) is 2.77. The van der Waals surface area contributed by atoms with E-state index in [1.807, 2.05) is 54.6 Å². The van der Waals surface area contributed by atoms with Gasteiger partial charge >= 0.3 is 5.76 Å². The number of hydrogen-bond donors (Lipinski definition) is 0. The molecule has 0 aliphatic carbocycles. The normalized spacial score (nSPS) is 10.7. The molecule has 0 saturated heterocycles. The number of benzene rings is 2. The van der Waals surface area contributed by atoms with Crippen LogP contribution in [-0.4, -0.2) is 4.57 Å². The largest absolute Gasteiger partial charge is 0.420 e. The van der Waals surface area contributed by atoms with Gasteiger partial charge in [0.05, 0.1) is 12.2 Å². The molecule has 0 spiro atoms. The van der Waals surface area contributed by atoms with Crippen LogP contribution >= 0.6 is 15.9 Å². The number of hydrogen-bond acceptors (Lipinski definition) is 2. The summed E-state index contributed by atoms with van der Waals surface area (Å²) in [7, 11) is 0. The highest BCUT2D eigenvalue weighted by molar-refractivity contribution is 9.10. The predicted octanol–water partition coefficient (Wildman–Crippen LogP) is 4.65. The molecule has 0 aliphatic heterocycles. The van der Waals surface area contributed by atoms with Crippen molar-refractivity contribution < 1.29 is 4.42 Å². The summed E-state index contributed by atoms with van der Waals surface area (Å²) in [5.74, 6) is 0.257. The maximum absolute atomic E-state index is 12.3. The van der Waals surface area contributed by atoms with Gasteiger partial charge in [-0.15, -0.1) is 6.58 Å². The van der Waals surface area contributed by atoms with E-state index >= 15 is 0 Å². The van der Waals surface area contributed by atoms with Gasteiger partial charge in [0.25, 0.3) is 0 Å². The van der Waals surface area contributed by atoms with Crippen LogP contribution in [0.2, 0.25) is 0 Å². The molecule has 3 aromatic rings. The number of aromatic nitrogens is 1. The van der Waals surface area contributed by atoms with Crippen molar-refractivity contribution in [3.63, 3.8) is 0 Å². The average Bonchev–Trinajstić information content (AvgIpc) is 2.86. The second kappa shape index (κ2) is 6.84. The van der Waals surface area contributed by atoms with Crippen molar-refractivity contribution in [2.75, 3.05) is 0 Å². The van der Waals surface area contributed by atoms with Crippen molar-refractivity contribution in [1.29, 1.82) is 0 Å². The lowest BCUT2D eigenvalue weighted by molar-refractivity contribution is 0.496. The zero-order valence-electron chi connectivity index (χ0n) is 12.5. The molecule has 0 atom stereocenters. The molecule has 116 valence electrons. The number of nitrogens with zero attached hydrogens (tertiary/aromatic N) is 1. The first-order valence-corrected chi connectivity index (χ1v) is 8.11. The second-order valence-electron chi connectivity index (χ2n) is 5.22. The molecule has 0 amide bonds. The third kappa shape index (κ3) is 3.37. The Labute approximate surface area is 143 Å². The van der Waals surface area contributed by atoms with Crippen LogP contribution in [0.5, 0.6) is 0 Å². The number of oxazole rings is 1. The van der Waals surface area contributed by atoms with Gasteiger partial charge in [-0.2, -0.15) is 0 Å². The van der Waals surface area contributed by atoms with Crippen LogP contribution in [0, 0.1) is 0 Å². The fraction of sp³-hybridized carbons (Fsp3) is 0.105. The highest BCUT2D eigenvalue weighted by Gasteiger charge is 2.17. The van der Waals surface area contributed by atoms with E-state index in [2.05, 4.69) is 22.5 Å². The number of allylic oxidation sites excluding steroid dienone is 1. The first-order valence-electron chi connectivity index (χ1n) is 7.32. The van der Waals surface area contributed by atoms with E-state index in [9.17, 15) is 4.79 Å². The molecule has 2 aromatic carbocycles. The van der Waals surface area contributed by atoms with Crippen molar-refractivity contribution in [3.8, 4) is 11.3 Å². The standard InChI is InChI=1S/C19H16BrNO2/c1-2-7-17-18(15-10-6-11-16(20)12-15)23-19(22)21(17)13-14-8-4-3-5-9-14/h2-6,8-12H,1,7,13H2. The summed E-state index contributed by atoms with van der Waals surface area (Å²) in [6, 6.07) is 17.6. The van der Waals surface area contributed by atoms with Gasteiger partial charge in [-0.25, -0.2) is 4.79 Å². The van der Waals surface area contributed by atoms with Crippen molar-refractivity contribution in [1.82, 2.24) is 4.57 Å². The lowest BCUT2D eigenvalue weighted by Crippen LogP contribution is -2.17. The smallest absolute Gasteiger partial charge is 0.407 e. The van der Waals surface area contributed by atoms with Crippen LogP contribution in [0.3, 0.4) is 0 Å². The maximum atomic E-state index is 12.3. The maximum Gasteiger partial charge on any atom is 0.420 e. The van der Waals surface area contributed by atoms with Gasteiger partial charge in [-0.05, 0) is 17.7 Å². The molecule has 0 aliphatic rings. The van der Waals surface area contributed by atoms with Crippen molar-refractivity contribution in [2.24, 2.45) is 0 Å². The first kappa shape index (κ1) is 15.6. The van der Waals surface area contributed by atoms with E-state index in [1.165, 1.54) is 0 Å². The number of rotatable bonds is 5. The van der Waals surface area contributed by atoms with Gasteiger partial charge in [-0.1, -0.05) is 64.5 Å². The summed E-state index contributed by atoms with van der Waals surface area (Å²) in [5, 5.41) is 0. The number of halogens is 1. The molecule has 3 nitrogen and oxygen atoms in total. The van der Waals surface area contributed by atoms with E-state index in [0.717, 1.165) is 21.3 Å². The topological polar surface area (TPSA) is 35.1 Å². The van der Waals surface area contributed by atoms with E-state index in [1.54, 1.807) is 10.6 Å². The van der Waals surface area contributed by atoms with E-state index in [-0.39, 0.29) is 5.76 Å². The second-order valence-corrected chi connectivity index (χ2v) is 6.13. The Kier molecular flexibility index (Phi) is 4.63. The van der Waals surface area contributed by atoms with Crippen molar-refractivity contribution in [2.45, 2.75) is 13.0 Å². The van der Waals surface area contributed by atoms with Crippen LogP contribution < -0.4 is 5.76 Å². The predicted molar refractivity (Wildman–Crippen MR) is 95.5 cm³/mol. The molecule has 3 rings (SSSR count). The van der Waals surface area contributed by atoms with E-state index in [4.69, 9.17) is 4.42 Å². The third-order valence-electron chi connectivity index (χ3n) is 3.61. The van der Waals surface area contributed by atoms with Crippen LogP contribution in [0.4, 0.5) is 0 Å². The Balaban J connectivity index is 2.10. The molecule has 0 saturated carbocycles. The fourth-order valence-corrected chi connectivity index (χ4v) is 2.95. The molecule has 0 N–H and O–H groups in total. The molecule has 0 unspecified atom stereocenters. The minimum Gasteiger partial charge on any atom is -0.407 e. The van der Waals surface area contributed by atoms with Crippen molar-refractivity contribution >= 4 is 15.9 Å². The van der Waals surface area contributed by atoms with Crippen molar-refractivity contribution in [3.05, 3.63) is 93.5 Å². The zero-order valence-corrected chi connectivity index (χ0v) is 14.1. The van der Waals surface area contributed by atoms with Gasteiger partial charge in [0.1, 0.15) is 0 Å². The van der Waals surface area contributed by atoms with E-state index < -0.39 is 0 Å². The molecule has 0 radical (unpaired) electrons. The van der Waals surface area contributed by atoms with Gasteiger partial charge in [0, 0.05) is 16.5 Å². The summed E-state index contributed by atoms with van der Waals surface area (Å²) >= 11 is 3.46. The Morgan fingerprint density at radius 1 is 1.13 bits per heavy atom. The Bertz CT molecular complexity index is 878. The highest BCUT2D eigenvalue weighted by Crippen LogP contribution is 2.26. The molecule has 1 heterocycles. The van der Waals surface area contributed by atoms with Gasteiger partial charge in [0.15, 0.2) is 5.76 Å². The van der Waals surface area contributed by atoms with E-state index in [0.29, 0.717) is 18.7 Å². The van der Waals surface area contributed by atoms with Gasteiger partial charge < -0.3 is 4.42 Å². The highest BCUT2D eigenvalue weighted by atomic mass is 79.9. The summed E-state index contributed by atoms with van der Waals surface area (Å²) in [6.45, 7) is 4.29. The van der Waals surface area contributed by atoms with Crippen LogP contribution in [-0.2, 0) is 13.0 Å². The molecule has 4 heteroatoms. The van der Waals surface area contributed by atoms with Crippen LogP contribution in [0.1, 0.15) is 11.3 Å². The Morgan fingerprint density at radius 2 is 1.91 bits per heavy atom. The monoisotopic (exact) mass is 369 g/mol. The Morgan fingerprint density at radius 3 is 2.61 bits per heavy atom. The average molecular weight is 370 g/mol. The van der Waals surface area contributed by atoms with Crippen LogP contribution in [0.15, 0.2) is 80.9 Å².